The normalized spacial score (nSPS) is 10.8. The van der Waals surface area contributed by atoms with E-state index >= 15 is 0 Å². The van der Waals surface area contributed by atoms with Crippen LogP contribution in [-0.4, -0.2) is 15.0 Å². The quantitative estimate of drug-likeness (QED) is 0.206. The number of halogens is 1. The molecule has 38 heavy (non-hydrogen) atoms. The number of hydrogen-bond acceptors (Lipinski definition) is 4. The first-order valence-electron chi connectivity index (χ1n) is 12.3. The molecule has 0 saturated heterocycles. The SMILES string of the molecule is Brc1ccccc1N(c1ccccc1)c1cccc(-c2nc(-c3ccccc3)nc(-c3ccccc3)n2)c1. The van der Waals surface area contributed by atoms with Crippen molar-refractivity contribution in [3.05, 3.63) is 144 Å². The lowest BCUT2D eigenvalue weighted by molar-refractivity contribution is 1.07. The predicted octanol–water partition coefficient (Wildman–Crippen LogP) is 9.10. The Hall–Kier alpha value is -4.61. The van der Waals surface area contributed by atoms with Crippen LogP contribution >= 0.6 is 15.9 Å². The Kier molecular flexibility index (Phi) is 6.75. The molecule has 0 N–H and O–H groups in total. The maximum atomic E-state index is 4.91. The second kappa shape index (κ2) is 10.8. The highest BCUT2D eigenvalue weighted by atomic mass is 79.9. The van der Waals surface area contributed by atoms with Crippen molar-refractivity contribution in [2.75, 3.05) is 4.90 Å². The molecular weight excluding hydrogens is 532 g/mol. The van der Waals surface area contributed by atoms with E-state index in [0.29, 0.717) is 17.5 Å². The van der Waals surface area contributed by atoms with Crippen molar-refractivity contribution in [3.8, 4) is 34.2 Å². The summed E-state index contributed by atoms with van der Waals surface area (Å²) in [5.74, 6) is 1.91. The van der Waals surface area contributed by atoms with Gasteiger partial charge in [0.2, 0.25) is 0 Å². The van der Waals surface area contributed by atoms with Gasteiger partial charge in [0.1, 0.15) is 0 Å². The molecule has 0 bridgehead atoms. The van der Waals surface area contributed by atoms with Crippen LogP contribution < -0.4 is 4.90 Å². The van der Waals surface area contributed by atoms with Gasteiger partial charge >= 0.3 is 0 Å². The van der Waals surface area contributed by atoms with Gasteiger partial charge in [-0.25, -0.2) is 15.0 Å². The maximum Gasteiger partial charge on any atom is 0.164 e. The maximum absolute atomic E-state index is 4.91. The van der Waals surface area contributed by atoms with E-state index in [1.54, 1.807) is 0 Å². The number of benzene rings is 5. The highest BCUT2D eigenvalue weighted by molar-refractivity contribution is 9.10. The third kappa shape index (κ3) is 4.97. The van der Waals surface area contributed by atoms with E-state index in [-0.39, 0.29) is 0 Å². The summed E-state index contributed by atoms with van der Waals surface area (Å²) in [5, 5.41) is 0. The minimum Gasteiger partial charge on any atom is -0.309 e. The Balaban J connectivity index is 1.51. The summed E-state index contributed by atoms with van der Waals surface area (Å²) in [6.45, 7) is 0. The van der Waals surface area contributed by atoms with Gasteiger partial charge in [0.05, 0.1) is 5.69 Å². The average molecular weight is 555 g/mol. The van der Waals surface area contributed by atoms with E-state index in [0.717, 1.165) is 38.2 Å². The molecule has 0 amide bonds. The largest absolute Gasteiger partial charge is 0.309 e. The summed E-state index contributed by atoms with van der Waals surface area (Å²) < 4.78 is 1.01. The van der Waals surface area contributed by atoms with Gasteiger partial charge in [-0.3, -0.25) is 0 Å². The summed E-state index contributed by atoms with van der Waals surface area (Å²) in [6, 6.07) is 47.0. The monoisotopic (exact) mass is 554 g/mol. The highest BCUT2D eigenvalue weighted by Gasteiger charge is 2.17. The molecule has 0 fully saturated rings. The molecule has 0 unspecified atom stereocenters. The van der Waals surface area contributed by atoms with Crippen LogP contribution in [0.1, 0.15) is 0 Å². The summed E-state index contributed by atoms with van der Waals surface area (Å²) in [5.41, 5.74) is 5.91. The van der Waals surface area contributed by atoms with E-state index in [1.165, 1.54) is 0 Å². The number of hydrogen-bond donors (Lipinski definition) is 0. The van der Waals surface area contributed by atoms with Crippen LogP contribution in [0.25, 0.3) is 34.2 Å². The fourth-order valence-electron chi connectivity index (χ4n) is 4.36. The molecule has 6 aromatic rings. The molecule has 0 aliphatic rings. The van der Waals surface area contributed by atoms with Crippen LogP contribution in [0.5, 0.6) is 0 Å². The van der Waals surface area contributed by atoms with E-state index < -0.39 is 0 Å². The molecule has 0 aliphatic heterocycles. The molecule has 5 aromatic carbocycles. The van der Waals surface area contributed by atoms with Crippen LogP contribution in [0.3, 0.4) is 0 Å². The van der Waals surface area contributed by atoms with Crippen molar-refractivity contribution < 1.29 is 0 Å². The Bertz CT molecular complexity index is 1610. The van der Waals surface area contributed by atoms with Crippen LogP contribution in [-0.2, 0) is 0 Å². The zero-order valence-electron chi connectivity index (χ0n) is 20.4. The topological polar surface area (TPSA) is 41.9 Å². The van der Waals surface area contributed by atoms with Crippen LogP contribution in [0, 0.1) is 0 Å². The summed E-state index contributed by atoms with van der Waals surface area (Å²) in [7, 11) is 0. The molecule has 0 atom stereocenters. The first-order chi connectivity index (χ1) is 18.8. The molecule has 5 heteroatoms. The summed E-state index contributed by atoms with van der Waals surface area (Å²) in [6.07, 6.45) is 0. The second-order valence-corrected chi connectivity index (χ2v) is 9.57. The molecule has 0 radical (unpaired) electrons. The van der Waals surface area contributed by atoms with E-state index in [9.17, 15) is 0 Å². The molecule has 0 aliphatic carbocycles. The number of para-hydroxylation sites is 2. The van der Waals surface area contributed by atoms with Crippen LogP contribution in [0.4, 0.5) is 17.1 Å². The van der Waals surface area contributed by atoms with E-state index in [1.807, 2.05) is 103 Å². The van der Waals surface area contributed by atoms with Crippen molar-refractivity contribution in [1.29, 1.82) is 0 Å². The van der Waals surface area contributed by atoms with Crippen molar-refractivity contribution in [3.63, 3.8) is 0 Å². The van der Waals surface area contributed by atoms with Crippen molar-refractivity contribution >= 4 is 33.0 Å². The summed E-state index contributed by atoms with van der Waals surface area (Å²) >= 11 is 3.75. The lowest BCUT2D eigenvalue weighted by atomic mass is 10.1. The van der Waals surface area contributed by atoms with Gasteiger partial charge in [0, 0.05) is 32.5 Å². The van der Waals surface area contributed by atoms with Gasteiger partial charge in [0.15, 0.2) is 17.5 Å². The molecule has 0 spiro atoms. The first kappa shape index (κ1) is 23.8. The third-order valence-corrected chi connectivity index (χ3v) is 6.84. The van der Waals surface area contributed by atoms with Gasteiger partial charge in [0.25, 0.3) is 0 Å². The second-order valence-electron chi connectivity index (χ2n) is 8.71. The fraction of sp³-hybridized carbons (Fsp3) is 0. The average Bonchev–Trinajstić information content (AvgIpc) is 3.00. The van der Waals surface area contributed by atoms with Crippen LogP contribution in [0.15, 0.2) is 144 Å². The standard InChI is InChI=1S/C33H23BrN4/c34-29-21-10-11-22-30(29)38(27-18-8-3-9-19-27)28-20-12-17-26(23-28)33-36-31(24-13-4-1-5-14-24)35-32(37-33)25-15-6-2-7-16-25/h1-23H. The first-order valence-corrected chi connectivity index (χ1v) is 13.1. The molecule has 1 aromatic heterocycles. The summed E-state index contributed by atoms with van der Waals surface area (Å²) in [4.78, 5) is 16.9. The number of nitrogens with zero attached hydrogens (tertiary/aromatic N) is 4. The zero-order valence-corrected chi connectivity index (χ0v) is 22.0. The molecule has 4 nitrogen and oxygen atoms in total. The molecular formula is C33H23BrN4. The Labute approximate surface area is 230 Å². The molecule has 182 valence electrons. The Morgan fingerprint density at radius 3 is 1.45 bits per heavy atom. The zero-order chi connectivity index (χ0) is 25.7. The lowest BCUT2D eigenvalue weighted by Crippen LogP contribution is -2.10. The molecule has 1 heterocycles. The van der Waals surface area contributed by atoms with Crippen LogP contribution in [0.2, 0.25) is 0 Å². The predicted molar refractivity (Wildman–Crippen MR) is 159 cm³/mol. The minimum atomic E-state index is 0.625. The minimum absolute atomic E-state index is 0.625. The smallest absolute Gasteiger partial charge is 0.164 e. The number of rotatable bonds is 6. The van der Waals surface area contributed by atoms with E-state index in [2.05, 4.69) is 57.2 Å². The van der Waals surface area contributed by atoms with Gasteiger partial charge in [-0.15, -0.1) is 0 Å². The van der Waals surface area contributed by atoms with Gasteiger partial charge in [-0.2, -0.15) is 0 Å². The van der Waals surface area contributed by atoms with Gasteiger partial charge < -0.3 is 4.90 Å². The lowest BCUT2D eigenvalue weighted by Gasteiger charge is -2.26. The van der Waals surface area contributed by atoms with Crippen molar-refractivity contribution in [2.24, 2.45) is 0 Å². The van der Waals surface area contributed by atoms with E-state index in [4.69, 9.17) is 15.0 Å². The fourth-order valence-corrected chi connectivity index (χ4v) is 4.82. The molecule has 0 saturated carbocycles. The number of anilines is 3. The Morgan fingerprint density at radius 2 is 0.868 bits per heavy atom. The van der Waals surface area contributed by atoms with Crippen molar-refractivity contribution in [1.82, 2.24) is 15.0 Å². The Morgan fingerprint density at radius 1 is 0.421 bits per heavy atom. The molecule has 6 rings (SSSR count). The van der Waals surface area contributed by atoms with Crippen molar-refractivity contribution in [2.45, 2.75) is 0 Å². The third-order valence-electron chi connectivity index (χ3n) is 6.17. The number of aromatic nitrogens is 3. The van der Waals surface area contributed by atoms with Gasteiger partial charge in [-0.05, 0) is 52.3 Å². The highest BCUT2D eigenvalue weighted by Crippen LogP contribution is 2.39. The van der Waals surface area contributed by atoms with Gasteiger partial charge in [-0.1, -0.05) is 103 Å².